The molecule has 2 fully saturated rings. The molecule has 2 rings (SSSR count). The number of aliphatic carboxylic acids is 1. The molecule has 0 aromatic heterocycles. The summed E-state index contributed by atoms with van der Waals surface area (Å²) in [7, 11) is 0. The molecule has 1 atom stereocenters. The van der Waals surface area contributed by atoms with Gasteiger partial charge in [-0.05, 0) is 44.7 Å². The fourth-order valence-corrected chi connectivity index (χ4v) is 3.22. The van der Waals surface area contributed by atoms with E-state index in [0.717, 1.165) is 38.8 Å². The van der Waals surface area contributed by atoms with Crippen molar-refractivity contribution in [1.29, 1.82) is 0 Å². The molecular formula is C12H20N2O3S. The van der Waals surface area contributed by atoms with Crippen LogP contribution in [0.3, 0.4) is 0 Å². The van der Waals surface area contributed by atoms with Gasteiger partial charge in [-0.3, -0.25) is 4.79 Å². The lowest BCUT2D eigenvalue weighted by atomic mass is 10.2. The maximum Gasteiger partial charge on any atom is 0.326 e. The second kappa shape index (κ2) is 6.43. The molecule has 1 saturated carbocycles. The SMILES string of the molecule is O=C(CSC1CCNCC1)NC(C(=O)O)C1CC1. The lowest BCUT2D eigenvalue weighted by Gasteiger charge is -2.22. The summed E-state index contributed by atoms with van der Waals surface area (Å²) in [5.41, 5.74) is 0. The Balaban J connectivity index is 1.68. The van der Waals surface area contributed by atoms with E-state index < -0.39 is 12.0 Å². The molecule has 0 spiro atoms. The summed E-state index contributed by atoms with van der Waals surface area (Å²) in [5, 5.41) is 15.5. The summed E-state index contributed by atoms with van der Waals surface area (Å²) >= 11 is 1.65. The van der Waals surface area contributed by atoms with Gasteiger partial charge in [0.2, 0.25) is 5.91 Å². The van der Waals surface area contributed by atoms with E-state index in [1.807, 2.05) is 0 Å². The normalized spacial score (nSPS) is 22.4. The first kappa shape index (κ1) is 13.7. The van der Waals surface area contributed by atoms with Crippen molar-refractivity contribution in [3.05, 3.63) is 0 Å². The first-order valence-corrected chi connectivity index (χ1v) is 7.56. The fraction of sp³-hybridized carbons (Fsp3) is 0.833. The van der Waals surface area contributed by atoms with E-state index in [1.165, 1.54) is 0 Å². The van der Waals surface area contributed by atoms with Crippen LogP contribution >= 0.6 is 11.8 Å². The average Bonchev–Trinajstić information content (AvgIpc) is 3.18. The van der Waals surface area contributed by atoms with Crippen molar-refractivity contribution < 1.29 is 14.7 Å². The van der Waals surface area contributed by atoms with Crippen LogP contribution in [0.25, 0.3) is 0 Å². The Labute approximate surface area is 111 Å². The van der Waals surface area contributed by atoms with E-state index in [9.17, 15) is 9.59 Å². The molecule has 0 aromatic rings. The van der Waals surface area contributed by atoms with Gasteiger partial charge < -0.3 is 15.7 Å². The van der Waals surface area contributed by atoms with Crippen molar-refractivity contribution in [2.45, 2.75) is 37.0 Å². The van der Waals surface area contributed by atoms with E-state index in [0.29, 0.717) is 11.0 Å². The highest BCUT2D eigenvalue weighted by molar-refractivity contribution is 8.00. The van der Waals surface area contributed by atoms with Crippen LogP contribution in [0.2, 0.25) is 0 Å². The van der Waals surface area contributed by atoms with Gasteiger partial charge in [-0.25, -0.2) is 4.79 Å². The van der Waals surface area contributed by atoms with Crippen LogP contribution in [-0.2, 0) is 9.59 Å². The molecule has 1 aliphatic heterocycles. The smallest absolute Gasteiger partial charge is 0.326 e. The number of hydrogen-bond acceptors (Lipinski definition) is 4. The lowest BCUT2D eigenvalue weighted by molar-refractivity contribution is -0.142. The highest BCUT2D eigenvalue weighted by atomic mass is 32.2. The number of hydrogen-bond donors (Lipinski definition) is 3. The van der Waals surface area contributed by atoms with Crippen LogP contribution in [0.4, 0.5) is 0 Å². The zero-order valence-corrected chi connectivity index (χ0v) is 11.2. The zero-order chi connectivity index (χ0) is 13.0. The van der Waals surface area contributed by atoms with Crippen molar-refractivity contribution in [1.82, 2.24) is 10.6 Å². The Hall–Kier alpha value is -0.750. The molecule has 0 radical (unpaired) electrons. The Morgan fingerprint density at radius 3 is 2.50 bits per heavy atom. The Kier molecular flexibility index (Phi) is 4.88. The topological polar surface area (TPSA) is 78.4 Å². The quantitative estimate of drug-likeness (QED) is 0.654. The van der Waals surface area contributed by atoms with Crippen LogP contribution in [0.15, 0.2) is 0 Å². The maximum atomic E-state index is 11.7. The molecule has 1 saturated heterocycles. The molecule has 0 aromatic carbocycles. The third kappa shape index (κ3) is 4.17. The Morgan fingerprint density at radius 1 is 1.28 bits per heavy atom. The predicted octanol–water partition coefficient (Wildman–Crippen LogP) is 0.451. The molecular weight excluding hydrogens is 252 g/mol. The third-order valence-electron chi connectivity index (χ3n) is 3.41. The number of thioether (sulfide) groups is 1. The van der Waals surface area contributed by atoms with Gasteiger partial charge in [-0.1, -0.05) is 0 Å². The van der Waals surface area contributed by atoms with Gasteiger partial charge in [0.25, 0.3) is 0 Å². The van der Waals surface area contributed by atoms with Crippen molar-refractivity contribution >= 4 is 23.6 Å². The minimum absolute atomic E-state index is 0.141. The molecule has 1 heterocycles. The molecule has 0 bridgehead atoms. The second-order valence-corrected chi connectivity index (χ2v) is 6.27. The standard InChI is InChI=1S/C12H20N2O3S/c15-10(7-18-9-3-5-13-6-4-9)14-11(12(16)17)8-1-2-8/h8-9,11,13H,1-7H2,(H,14,15)(H,16,17). The Bertz CT molecular complexity index is 314. The Morgan fingerprint density at radius 2 is 1.94 bits per heavy atom. The zero-order valence-electron chi connectivity index (χ0n) is 10.4. The van der Waals surface area contributed by atoms with Crippen molar-refractivity contribution in [2.24, 2.45) is 5.92 Å². The number of carbonyl (C=O) groups is 2. The fourth-order valence-electron chi connectivity index (χ4n) is 2.18. The predicted molar refractivity (Wildman–Crippen MR) is 70.6 cm³/mol. The molecule has 1 amide bonds. The number of rotatable bonds is 6. The van der Waals surface area contributed by atoms with E-state index >= 15 is 0 Å². The number of carbonyl (C=O) groups excluding carboxylic acids is 1. The highest BCUT2D eigenvalue weighted by Gasteiger charge is 2.37. The molecule has 5 nitrogen and oxygen atoms in total. The first-order chi connectivity index (χ1) is 8.66. The molecule has 1 unspecified atom stereocenters. The van der Waals surface area contributed by atoms with E-state index in [4.69, 9.17) is 5.11 Å². The van der Waals surface area contributed by atoms with Crippen molar-refractivity contribution in [2.75, 3.05) is 18.8 Å². The molecule has 1 aliphatic carbocycles. The number of carboxylic acid groups (broad SMARTS) is 1. The minimum atomic E-state index is -0.905. The summed E-state index contributed by atoms with van der Waals surface area (Å²) in [6.07, 6.45) is 4.00. The van der Waals surface area contributed by atoms with Gasteiger partial charge in [-0.15, -0.1) is 11.8 Å². The van der Waals surface area contributed by atoms with Gasteiger partial charge >= 0.3 is 5.97 Å². The lowest BCUT2D eigenvalue weighted by Crippen LogP contribution is -2.43. The van der Waals surface area contributed by atoms with Crippen LogP contribution < -0.4 is 10.6 Å². The van der Waals surface area contributed by atoms with Crippen LogP contribution in [0, 0.1) is 5.92 Å². The highest BCUT2D eigenvalue weighted by Crippen LogP contribution is 2.32. The van der Waals surface area contributed by atoms with E-state index in [1.54, 1.807) is 11.8 Å². The van der Waals surface area contributed by atoms with Gasteiger partial charge in [0, 0.05) is 5.25 Å². The van der Waals surface area contributed by atoms with Gasteiger partial charge in [-0.2, -0.15) is 0 Å². The van der Waals surface area contributed by atoms with Gasteiger partial charge in [0.05, 0.1) is 5.75 Å². The summed E-state index contributed by atoms with van der Waals surface area (Å²) < 4.78 is 0. The van der Waals surface area contributed by atoms with E-state index in [2.05, 4.69) is 10.6 Å². The molecule has 102 valence electrons. The number of amides is 1. The average molecular weight is 272 g/mol. The van der Waals surface area contributed by atoms with Gasteiger partial charge in [0.15, 0.2) is 0 Å². The second-order valence-electron chi connectivity index (χ2n) is 4.98. The summed E-state index contributed by atoms with van der Waals surface area (Å²) in [6.45, 7) is 2.03. The summed E-state index contributed by atoms with van der Waals surface area (Å²) in [4.78, 5) is 22.7. The molecule has 6 heteroatoms. The van der Waals surface area contributed by atoms with Crippen LogP contribution in [-0.4, -0.2) is 47.1 Å². The number of carboxylic acids is 1. The maximum absolute atomic E-state index is 11.7. The van der Waals surface area contributed by atoms with E-state index in [-0.39, 0.29) is 11.8 Å². The minimum Gasteiger partial charge on any atom is -0.480 e. The van der Waals surface area contributed by atoms with Crippen LogP contribution in [0.1, 0.15) is 25.7 Å². The van der Waals surface area contributed by atoms with Crippen molar-refractivity contribution in [3.8, 4) is 0 Å². The number of piperidine rings is 1. The summed E-state index contributed by atoms with van der Waals surface area (Å²) in [6, 6.07) is -0.675. The first-order valence-electron chi connectivity index (χ1n) is 6.51. The molecule has 18 heavy (non-hydrogen) atoms. The van der Waals surface area contributed by atoms with Crippen LogP contribution in [0.5, 0.6) is 0 Å². The molecule has 2 aliphatic rings. The summed E-state index contributed by atoms with van der Waals surface area (Å²) in [5.74, 6) is -0.521. The number of nitrogens with one attached hydrogen (secondary N) is 2. The third-order valence-corrected chi connectivity index (χ3v) is 4.78. The van der Waals surface area contributed by atoms with Crippen molar-refractivity contribution in [3.63, 3.8) is 0 Å². The largest absolute Gasteiger partial charge is 0.480 e. The molecule has 3 N–H and O–H groups in total. The monoisotopic (exact) mass is 272 g/mol. The van der Waals surface area contributed by atoms with Gasteiger partial charge in [0.1, 0.15) is 6.04 Å².